The third-order valence-corrected chi connectivity index (χ3v) is 4.30. The molecule has 2 N–H and O–H groups in total. The summed E-state index contributed by atoms with van der Waals surface area (Å²) in [7, 11) is 1.79. The molecule has 0 radical (unpaired) electrons. The molecule has 0 aromatic heterocycles. The van der Waals surface area contributed by atoms with Crippen molar-refractivity contribution in [3.8, 4) is 6.07 Å². The average molecular weight is 298 g/mol. The van der Waals surface area contributed by atoms with Gasteiger partial charge in [-0.15, -0.1) is 0 Å². The van der Waals surface area contributed by atoms with Gasteiger partial charge in [-0.25, -0.2) is 0 Å². The lowest BCUT2D eigenvalue weighted by Crippen LogP contribution is -2.37. The SMILES string of the molecule is CN=C(NCCCC1CCCC1)NCc1cccc(C#N)c1. The molecule has 0 aliphatic heterocycles. The van der Waals surface area contributed by atoms with Crippen molar-refractivity contribution in [2.45, 2.75) is 45.1 Å². The summed E-state index contributed by atoms with van der Waals surface area (Å²) in [5.41, 5.74) is 1.78. The Morgan fingerprint density at radius 3 is 2.86 bits per heavy atom. The summed E-state index contributed by atoms with van der Waals surface area (Å²) < 4.78 is 0. The number of nitriles is 1. The van der Waals surface area contributed by atoms with Crippen LogP contribution in [-0.2, 0) is 6.54 Å². The standard InChI is InChI=1S/C18H26N4/c1-20-18(21-11-5-10-15-6-2-3-7-15)22-14-17-9-4-8-16(12-17)13-19/h4,8-9,12,15H,2-3,5-7,10-11,14H2,1H3,(H2,20,21,22). The van der Waals surface area contributed by atoms with E-state index in [0.29, 0.717) is 12.1 Å². The molecule has 0 amide bonds. The molecule has 0 heterocycles. The smallest absolute Gasteiger partial charge is 0.191 e. The quantitative estimate of drug-likeness (QED) is 0.482. The summed E-state index contributed by atoms with van der Waals surface area (Å²) in [6, 6.07) is 9.81. The van der Waals surface area contributed by atoms with Crippen molar-refractivity contribution < 1.29 is 0 Å². The molecule has 0 saturated heterocycles. The molecule has 4 heteroatoms. The van der Waals surface area contributed by atoms with Crippen LogP contribution < -0.4 is 10.6 Å². The van der Waals surface area contributed by atoms with Crippen molar-refractivity contribution in [2.75, 3.05) is 13.6 Å². The van der Waals surface area contributed by atoms with E-state index in [9.17, 15) is 0 Å². The first-order valence-electron chi connectivity index (χ1n) is 8.25. The number of rotatable bonds is 6. The maximum atomic E-state index is 8.91. The van der Waals surface area contributed by atoms with Crippen LogP contribution in [0, 0.1) is 17.2 Å². The van der Waals surface area contributed by atoms with E-state index in [1.165, 1.54) is 38.5 Å². The fourth-order valence-electron chi connectivity index (χ4n) is 3.05. The molecular formula is C18H26N4. The van der Waals surface area contributed by atoms with Crippen LogP contribution in [0.5, 0.6) is 0 Å². The van der Waals surface area contributed by atoms with Crippen molar-refractivity contribution in [1.29, 1.82) is 5.26 Å². The Kier molecular flexibility index (Phi) is 6.76. The highest BCUT2D eigenvalue weighted by atomic mass is 15.2. The minimum absolute atomic E-state index is 0.678. The van der Waals surface area contributed by atoms with Crippen molar-refractivity contribution in [2.24, 2.45) is 10.9 Å². The summed E-state index contributed by atoms with van der Waals surface area (Å²) in [6.07, 6.45) is 8.21. The normalized spacial score (nSPS) is 15.5. The minimum atomic E-state index is 0.678. The van der Waals surface area contributed by atoms with Gasteiger partial charge < -0.3 is 10.6 Å². The largest absolute Gasteiger partial charge is 0.356 e. The number of guanidine groups is 1. The van der Waals surface area contributed by atoms with Gasteiger partial charge in [-0.05, 0) is 36.5 Å². The van der Waals surface area contributed by atoms with Gasteiger partial charge in [0.2, 0.25) is 0 Å². The van der Waals surface area contributed by atoms with E-state index in [0.717, 1.165) is 24.0 Å². The molecule has 1 saturated carbocycles. The van der Waals surface area contributed by atoms with Gasteiger partial charge >= 0.3 is 0 Å². The zero-order chi connectivity index (χ0) is 15.6. The Morgan fingerprint density at radius 2 is 2.14 bits per heavy atom. The Hall–Kier alpha value is -2.02. The summed E-state index contributed by atoms with van der Waals surface area (Å²) in [4.78, 5) is 4.24. The van der Waals surface area contributed by atoms with Gasteiger partial charge in [0, 0.05) is 20.1 Å². The molecule has 2 rings (SSSR count). The van der Waals surface area contributed by atoms with Gasteiger partial charge in [0.25, 0.3) is 0 Å². The number of benzene rings is 1. The number of hydrogen-bond donors (Lipinski definition) is 2. The van der Waals surface area contributed by atoms with E-state index in [1.807, 2.05) is 24.3 Å². The molecule has 0 atom stereocenters. The van der Waals surface area contributed by atoms with Crippen LogP contribution in [0.2, 0.25) is 0 Å². The van der Waals surface area contributed by atoms with Crippen LogP contribution in [0.15, 0.2) is 29.3 Å². The summed E-state index contributed by atoms with van der Waals surface area (Å²) in [5, 5.41) is 15.6. The second-order valence-corrected chi connectivity index (χ2v) is 5.96. The first-order chi connectivity index (χ1) is 10.8. The molecule has 1 aliphatic carbocycles. The first-order valence-corrected chi connectivity index (χ1v) is 8.25. The van der Waals surface area contributed by atoms with Crippen molar-refractivity contribution in [3.05, 3.63) is 35.4 Å². The second kappa shape index (κ2) is 9.09. The van der Waals surface area contributed by atoms with Crippen molar-refractivity contribution >= 4 is 5.96 Å². The van der Waals surface area contributed by atoms with E-state index in [4.69, 9.17) is 5.26 Å². The summed E-state index contributed by atoms with van der Waals surface area (Å²) in [5.74, 6) is 1.78. The predicted molar refractivity (Wildman–Crippen MR) is 90.6 cm³/mol. The highest BCUT2D eigenvalue weighted by Gasteiger charge is 2.13. The van der Waals surface area contributed by atoms with Crippen molar-refractivity contribution in [1.82, 2.24) is 10.6 Å². The van der Waals surface area contributed by atoms with Crippen molar-refractivity contribution in [3.63, 3.8) is 0 Å². The third kappa shape index (κ3) is 5.40. The first kappa shape index (κ1) is 16.4. The van der Waals surface area contributed by atoms with E-state index in [-0.39, 0.29) is 0 Å². The Morgan fingerprint density at radius 1 is 1.32 bits per heavy atom. The van der Waals surface area contributed by atoms with Crippen LogP contribution in [0.3, 0.4) is 0 Å². The summed E-state index contributed by atoms with van der Waals surface area (Å²) >= 11 is 0. The van der Waals surface area contributed by atoms with E-state index in [1.54, 1.807) is 7.05 Å². The number of aliphatic imine (C=N–C) groups is 1. The maximum Gasteiger partial charge on any atom is 0.191 e. The lowest BCUT2D eigenvalue weighted by molar-refractivity contribution is 0.481. The Balaban J connectivity index is 1.67. The van der Waals surface area contributed by atoms with Gasteiger partial charge in [-0.1, -0.05) is 37.8 Å². The van der Waals surface area contributed by atoms with Gasteiger partial charge in [-0.2, -0.15) is 5.26 Å². The topological polar surface area (TPSA) is 60.2 Å². The number of nitrogens with one attached hydrogen (secondary N) is 2. The third-order valence-electron chi connectivity index (χ3n) is 4.30. The van der Waals surface area contributed by atoms with Gasteiger partial charge in [0.05, 0.1) is 11.6 Å². The Labute approximate surface area is 133 Å². The van der Waals surface area contributed by atoms with E-state index in [2.05, 4.69) is 21.7 Å². The number of hydrogen-bond acceptors (Lipinski definition) is 2. The Bertz CT molecular complexity index is 524. The molecule has 1 aliphatic rings. The second-order valence-electron chi connectivity index (χ2n) is 5.96. The van der Waals surface area contributed by atoms with Crippen LogP contribution in [-0.4, -0.2) is 19.6 Å². The molecule has 1 aromatic rings. The molecule has 0 spiro atoms. The van der Waals surface area contributed by atoms with Gasteiger partial charge in [-0.3, -0.25) is 4.99 Å². The maximum absolute atomic E-state index is 8.91. The average Bonchev–Trinajstić information content (AvgIpc) is 3.08. The lowest BCUT2D eigenvalue weighted by Gasteiger charge is -2.13. The predicted octanol–water partition coefficient (Wildman–Crippen LogP) is 3.19. The van der Waals surface area contributed by atoms with Crippen LogP contribution in [0.4, 0.5) is 0 Å². The highest BCUT2D eigenvalue weighted by Crippen LogP contribution is 2.28. The fourth-order valence-corrected chi connectivity index (χ4v) is 3.05. The summed E-state index contributed by atoms with van der Waals surface area (Å²) in [6.45, 7) is 1.65. The zero-order valence-corrected chi connectivity index (χ0v) is 13.4. The molecular weight excluding hydrogens is 272 g/mol. The van der Waals surface area contributed by atoms with Crippen LogP contribution >= 0.6 is 0 Å². The lowest BCUT2D eigenvalue weighted by atomic mass is 10.0. The fraction of sp³-hybridized carbons (Fsp3) is 0.556. The molecule has 1 aromatic carbocycles. The molecule has 4 nitrogen and oxygen atoms in total. The molecule has 118 valence electrons. The van der Waals surface area contributed by atoms with E-state index < -0.39 is 0 Å². The highest BCUT2D eigenvalue weighted by molar-refractivity contribution is 5.79. The van der Waals surface area contributed by atoms with Crippen LogP contribution in [0.25, 0.3) is 0 Å². The van der Waals surface area contributed by atoms with Gasteiger partial charge in [0.15, 0.2) is 5.96 Å². The molecule has 1 fully saturated rings. The van der Waals surface area contributed by atoms with E-state index >= 15 is 0 Å². The van der Waals surface area contributed by atoms with Gasteiger partial charge in [0.1, 0.15) is 0 Å². The molecule has 0 unspecified atom stereocenters. The zero-order valence-electron chi connectivity index (χ0n) is 13.4. The number of nitrogens with zero attached hydrogens (tertiary/aromatic N) is 2. The monoisotopic (exact) mass is 298 g/mol. The minimum Gasteiger partial charge on any atom is -0.356 e. The molecule has 0 bridgehead atoms. The molecule has 22 heavy (non-hydrogen) atoms. The van der Waals surface area contributed by atoms with Crippen LogP contribution in [0.1, 0.15) is 49.7 Å².